The first-order valence-electron chi connectivity index (χ1n) is 11.0. The first kappa shape index (κ1) is 22.6. The van der Waals surface area contributed by atoms with Crippen molar-refractivity contribution in [3.05, 3.63) is 74.4 Å². The molecule has 0 aliphatic carbocycles. The van der Waals surface area contributed by atoms with E-state index in [2.05, 4.69) is 11.9 Å². The molecule has 0 N–H and O–H groups in total. The third-order valence-electron chi connectivity index (χ3n) is 5.83. The largest absolute Gasteiger partial charge is 0.497 e. The molecule has 0 saturated carbocycles. The number of thiophene rings is 1. The van der Waals surface area contributed by atoms with Gasteiger partial charge in [-0.2, -0.15) is 0 Å². The Labute approximate surface area is 205 Å². The van der Waals surface area contributed by atoms with Gasteiger partial charge in [-0.05, 0) is 51.0 Å². The average molecular weight is 492 g/mol. The van der Waals surface area contributed by atoms with E-state index >= 15 is 0 Å². The van der Waals surface area contributed by atoms with Crippen LogP contribution in [-0.2, 0) is 12.2 Å². The van der Waals surface area contributed by atoms with Gasteiger partial charge in [-0.25, -0.2) is 15.0 Å². The Morgan fingerprint density at radius 3 is 2.71 bits per heavy atom. The highest BCUT2D eigenvalue weighted by atomic mass is 32.2. The number of aromatic nitrogens is 5. The van der Waals surface area contributed by atoms with Gasteiger partial charge in [-0.3, -0.25) is 13.8 Å². The van der Waals surface area contributed by atoms with Crippen LogP contribution in [0.25, 0.3) is 21.7 Å². The third kappa shape index (κ3) is 3.88. The lowest BCUT2D eigenvalue weighted by molar-refractivity contribution is 0.414. The van der Waals surface area contributed by atoms with E-state index in [-0.39, 0.29) is 5.56 Å². The van der Waals surface area contributed by atoms with Crippen molar-refractivity contribution in [2.24, 2.45) is 0 Å². The van der Waals surface area contributed by atoms with Gasteiger partial charge >= 0.3 is 0 Å². The average Bonchev–Trinajstić information content (AvgIpc) is 3.38. The van der Waals surface area contributed by atoms with Crippen LogP contribution in [0.1, 0.15) is 34.4 Å². The van der Waals surface area contributed by atoms with Gasteiger partial charge in [0.2, 0.25) is 5.78 Å². The molecule has 174 valence electrons. The fourth-order valence-electron chi connectivity index (χ4n) is 4.15. The maximum absolute atomic E-state index is 13.8. The summed E-state index contributed by atoms with van der Waals surface area (Å²) < 4.78 is 9.10. The fraction of sp³-hybridized carbons (Fsp3) is 0.280. The first-order chi connectivity index (χ1) is 16.4. The number of methoxy groups -OCH3 is 1. The molecular weight excluding hydrogens is 466 g/mol. The Hall–Kier alpha value is -3.17. The molecular formula is C25H25N5O2S2. The quantitative estimate of drug-likeness (QED) is 0.238. The summed E-state index contributed by atoms with van der Waals surface area (Å²) in [4.78, 5) is 29.9. The molecule has 4 heterocycles. The van der Waals surface area contributed by atoms with Gasteiger partial charge in [0.05, 0.1) is 23.9 Å². The summed E-state index contributed by atoms with van der Waals surface area (Å²) in [5.74, 6) is 1.94. The Kier molecular flexibility index (Phi) is 5.91. The highest BCUT2D eigenvalue weighted by Gasteiger charge is 2.19. The molecule has 1 aromatic carbocycles. The second kappa shape index (κ2) is 8.88. The minimum absolute atomic E-state index is 0.0580. The Morgan fingerprint density at radius 2 is 1.94 bits per heavy atom. The van der Waals surface area contributed by atoms with E-state index in [4.69, 9.17) is 14.7 Å². The van der Waals surface area contributed by atoms with Crippen LogP contribution >= 0.6 is 23.1 Å². The second-order valence-electron chi connectivity index (χ2n) is 8.15. The van der Waals surface area contributed by atoms with Crippen LogP contribution in [0.3, 0.4) is 0 Å². The van der Waals surface area contributed by atoms with E-state index in [0.29, 0.717) is 27.8 Å². The molecule has 5 aromatic rings. The first-order valence-corrected chi connectivity index (χ1v) is 12.8. The Morgan fingerprint density at radius 1 is 1.12 bits per heavy atom. The summed E-state index contributed by atoms with van der Waals surface area (Å²) in [5.41, 5.74) is 4.60. The smallest absolute Gasteiger partial charge is 0.267 e. The van der Waals surface area contributed by atoms with Gasteiger partial charge in [-0.15, -0.1) is 11.3 Å². The van der Waals surface area contributed by atoms with Crippen LogP contribution in [0.2, 0.25) is 0 Å². The number of thioether (sulfide) groups is 1. The number of benzene rings is 1. The van der Waals surface area contributed by atoms with E-state index in [1.807, 2.05) is 61.7 Å². The van der Waals surface area contributed by atoms with Crippen LogP contribution in [0.15, 0.2) is 46.5 Å². The molecule has 5 rings (SSSR count). The molecule has 0 spiro atoms. The zero-order chi connectivity index (χ0) is 24.0. The van der Waals surface area contributed by atoms with Crippen molar-refractivity contribution >= 4 is 39.1 Å². The van der Waals surface area contributed by atoms with Crippen LogP contribution < -0.4 is 10.3 Å². The second-order valence-corrected chi connectivity index (χ2v) is 10.2. The number of aryl methyl sites for hydroxylation is 4. The van der Waals surface area contributed by atoms with Crippen molar-refractivity contribution in [1.82, 2.24) is 23.9 Å². The molecule has 4 aromatic heterocycles. The van der Waals surface area contributed by atoms with E-state index in [1.165, 1.54) is 16.6 Å². The van der Waals surface area contributed by atoms with Crippen molar-refractivity contribution in [2.45, 2.75) is 45.0 Å². The number of fused-ring (bicyclic) bond motifs is 2. The van der Waals surface area contributed by atoms with Gasteiger partial charge in [0.1, 0.15) is 10.6 Å². The minimum Gasteiger partial charge on any atom is -0.497 e. The molecule has 0 aliphatic heterocycles. The number of rotatable bonds is 6. The van der Waals surface area contributed by atoms with Gasteiger partial charge in [0.15, 0.2) is 5.16 Å². The number of ether oxygens (including phenoxy) is 1. The molecule has 0 unspecified atom stereocenters. The van der Waals surface area contributed by atoms with Crippen molar-refractivity contribution in [2.75, 3.05) is 7.11 Å². The van der Waals surface area contributed by atoms with Crippen LogP contribution in [0.5, 0.6) is 5.75 Å². The van der Waals surface area contributed by atoms with Crippen molar-refractivity contribution in [3.63, 3.8) is 0 Å². The Bertz CT molecular complexity index is 1600. The minimum atomic E-state index is -0.0580. The summed E-state index contributed by atoms with van der Waals surface area (Å²) in [5, 5.41) is 1.32. The number of hydrogen-bond donors (Lipinski definition) is 0. The molecule has 7 nitrogen and oxygen atoms in total. The molecule has 0 radical (unpaired) electrons. The number of hydrogen-bond acceptors (Lipinski definition) is 7. The molecule has 0 fully saturated rings. The van der Waals surface area contributed by atoms with E-state index in [0.717, 1.165) is 39.6 Å². The van der Waals surface area contributed by atoms with Gasteiger partial charge < -0.3 is 4.74 Å². The highest BCUT2D eigenvalue weighted by Crippen LogP contribution is 2.32. The zero-order valence-electron chi connectivity index (χ0n) is 19.7. The summed E-state index contributed by atoms with van der Waals surface area (Å²) in [6.45, 7) is 8.13. The van der Waals surface area contributed by atoms with E-state index < -0.39 is 0 Å². The predicted octanol–water partition coefficient (Wildman–Crippen LogP) is 5.28. The molecule has 0 amide bonds. The molecule has 0 aliphatic rings. The fourth-order valence-corrected chi connectivity index (χ4v) is 6.20. The van der Waals surface area contributed by atoms with Crippen molar-refractivity contribution < 1.29 is 4.74 Å². The topological polar surface area (TPSA) is 74.3 Å². The summed E-state index contributed by atoms with van der Waals surface area (Å²) >= 11 is 3.10. The normalized spacial score (nSPS) is 11.6. The molecule has 34 heavy (non-hydrogen) atoms. The number of nitrogens with zero attached hydrogens (tertiary/aromatic N) is 5. The van der Waals surface area contributed by atoms with Crippen molar-refractivity contribution in [1.29, 1.82) is 0 Å². The van der Waals surface area contributed by atoms with Crippen molar-refractivity contribution in [3.8, 4) is 11.4 Å². The SMILES string of the molecule is CCc1sc2nc(SCc3cn4c(C)cc(C)nc4n3)n(-c3cccc(OC)c3)c(=O)c2c1C. The lowest BCUT2D eigenvalue weighted by atomic mass is 10.2. The van der Waals surface area contributed by atoms with E-state index in [1.54, 1.807) is 23.0 Å². The van der Waals surface area contributed by atoms with Crippen LogP contribution in [-0.4, -0.2) is 31.0 Å². The summed E-state index contributed by atoms with van der Waals surface area (Å²) in [7, 11) is 1.62. The van der Waals surface area contributed by atoms with Gasteiger partial charge in [0, 0.05) is 34.3 Å². The summed E-state index contributed by atoms with van der Waals surface area (Å²) in [6, 6.07) is 9.56. The van der Waals surface area contributed by atoms with Crippen LogP contribution in [0.4, 0.5) is 0 Å². The molecule has 0 bridgehead atoms. The Balaban J connectivity index is 1.63. The number of imidazole rings is 1. The molecule has 0 saturated heterocycles. The maximum atomic E-state index is 13.8. The molecule has 0 atom stereocenters. The highest BCUT2D eigenvalue weighted by molar-refractivity contribution is 7.98. The van der Waals surface area contributed by atoms with E-state index in [9.17, 15) is 4.79 Å². The predicted molar refractivity (Wildman–Crippen MR) is 138 cm³/mol. The van der Waals surface area contributed by atoms with Crippen LogP contribution in [0, 0.1) is 20.8 Å². The molecule has 9 heteroatoms. The summed E-state index contributed by atoms with van der Waals surface area (Å²) in [6.07, 6.45) is 2.88. The lowest BCUT2D eigenvalue weighted by Gasteiger charge is -2.13. The zero-order valence-corrected chi connectivity index (χ0v) is 21.4. The van der Waals surface area contributed by atoms with Gasteiger partial charge in [-0.1, -0.05) is 24.8 Å². The lowest BCUT2D eigenvalue weighted by Crippen LogP contribution is -2.21. The third-order valence-corrected chi connectivity index (χ3v) is 8.13. The van der Waals surface area contributed by atoms with Gasteiger partial charge in [0.25, 0.3) is 5.56 Å². The standard InChI is InChI=1S/C25H25N5O2S2/c1-6-20-16(4)21-22(34-20)28-25(30(23(21)31)18-8-7-9-19(11-18)32-5)33-13-17-12-29-15(3)10-14(2)26-24(29)27-17/h7-12H,6,13H2,1-5H3. The monoisotopic (exact) mass is 491 g/mol. The maximum Gasteiger partial charge on any atom is 0.267 e.